The third-order valence-corrected chi connectivity index (χ3v) is 3.17. The molecule has 0 bridgehead atoms. The van der Waals surface area contributed by atoms with Crippen molar-refractivity contribution in [3.05, 3.63) is 59.4 Å². The van der Waals surface area contributed by atoms with Crippen LogP contribution in [0.1, 0.15) is 12.1 Å². The van der Waals surface area contributed by atoms with Crippen molar-refractivity contribution in [1.82, 2.24) is 10.3 Å². The predicted octanol–water partition coefficient (Wildman–Crippen LogP) is 2.86. The Bertz CT molecular complexity index is 575. The molecule has 1 amide bonds. The summed E-state index contributed by atoms with van der Waals surface area (Å²) in [6, 6.07) is 12.9. The molecule has 0 saturated heterocycles. The second-order valence-corrected chi connectivity index (χ2v) is 4.86. The fourth-order valence-electron chi connectivity index (χ4n) is 1.78. The van der Waals surface area contributed by atoms with E-state index in [0.717, 1.165) is 12.1 Å². The maximum absolute atomic E-state index is 11.7. The summed E-state index contributed by atoms with van der Waals surface area (Å²) >= 11 is 5.96. The second kappa shape index (κ2) is 8.27. The van der Waals surface area contributed by atoms with Crippen LogP contribution in [0.4, 0.5) is 0 Å². The van der Waals surface area contributed by atoms with E-state index >= 15 is 0 Å². The van der Waals surface area contributed by atoms with Crippen LogP contribution in [0.25, 0.3) is 0 Å². The number of halogens is 1. The average Bonchev–Trinajstić information content (AvgIpc) is 2.50. The molecule has 0 saturated carbocycles. The maximum atomic E-state index is 11.7. The van der Waals surface area contributed by atoms with Crippen LogP contribution in [-0.2, 0) is 11.2 Å². The van der Waals surface area contributed by atoms with E-state index in [9.17, 15) is 4.79 Å². The van der Waals surface area contributed by atoms with Gasteiger partial charge in [0.15, 0.2) is 0 Å². The van der Waals surface area contributed by atoms with E-state index in [1.54, 1.807) is 18.3 Å². The number of ether oxygens (including phenoxy) is 1. The van der Waals surface area contributed by atoms with E-state index in [2.05, 4.69) is 10.3 Å². The van der Waals surface area contributed by atoms with Gasteiger partial charge >= 0.3 is 0 Å². The van der Waals surface area contributed by atoms with Crippen LogP contribution < -0.4 is 10.1 Å². The van der Waals surface area contributed by atoms with Gasteiger partial charge in [0.1, 0.15) is 5.75 Å². The molecule has 0 atom stereocenters. The monoisotopic (exact) mass is 304 g/mol. The Balaban J connectivity index is 1.63. The van der Waals surface area contributed by atoms with Crippen molar-refractivity contribution in [2.45, 2.75) is 12.8 Å². The highest BCUT2D eigenvalue weighted by molar-refractivity contribution is 6.32. The third kappa shape index (κ3) is 5.44. The lowest BCUT2D eigenvalue weighted by Gasteiger charge is -2.08. The van der Waals surface area contributed by atoms with Crippen molar-refractivity contribution in [3.63, 3.8) is 0 Å². The second-order valence-electron chi connectivity index (χ2n) is 4.45. The van der Waals surface area contributed by atoms with Crippen LogP contribution in [0.2, 0.25) is 5.02 Å². The zero-order chi connectivity index (χ0) is 14.9. The summed E-state index contributed by atoms with van der Waals surface area (Å²) in [6.45, 7) is 0.876. The van der Waals surface area contributed by atoms with Gasteiger partial charge in [-0.2, -0.15) is 0 Å². The molecule has 1 aromatic heterocycles. The summed E-state index contributed by atoms with van der Waals surface area (Å²) in [5.74, 6) is 0.554. The molecule has 110 valence electrons. The molecule has 0 radical (unpaired) electrons. The molecule has 1 N–H and O–H groups in total. The molecule has 0 aliphatic carbocycles. The quantitative estimate of drug-likeness (QED) is 0.856. The van der Waals surface area contributed by atoms with Gasteiger partial charge in [0.2, 0.25) is 5.91 Å². The van der Waals surface area contributed by atoms with Gasteiger partial charge in [0, 0.05) is 24.9 Å². The normalized spacial score (nSPS) is 10.1. The molecule has 0 spiro atoms. The number of pyridine rings is 1. The molecule has 5 heteroatoms. The molecular formula is C16H17ClN2O2. The van der Waals surface area contributed by atoms with E-state index < -0.39 is 0 Å². The molecule has 2 rings (SSSR count). The van der Waals surface area contributed by atoms with Crippen LogP contribution in [0.3, 0.4) is 0 Å². The number of benzene rings is 1. The minimum atomic E-state index is -0.0435. The summed E-state index contributed by atoms with van der Waals surface area (Å²) in [7, 11) is 0. The lowest BCUT2D eigenvalue weighted by molar-refractivity contribution is -0.121. The minimum absolute atomic E-state index is 0.0435. The molecule has 0 unspecified atom stereocenters. The fourth-order valence-corrected chi connectivity index (χ4v) is 1.97. The Labute approximate surface area is 129 Å². The van der Waals surface area contributed by atoms with Crippen LogP contribution >= 0.6 is 11.6 Å². The van der Waals surface area contributed by atoms with Crippen molar-refractivity contribution < 1.29 is 9.53 Å². The number of nitrogens with one attached hydrogen (secondary N) is 1. The first-order chi connectivity index (χ1) is 10.3. The first-order valence-corrected chi connectivity index (χ1v) is 7.17. The first-order valence-electron chi connectivity index (χ1n) is 6.79. The summed E-state index contributed by atoms with van der Waals surface area (Å²) in [4.78, 5) is 15.9. The Morgan fingerprint density at radius 2 is 2.00 bits per heavy atom. The number of hydrogen-bond acceptors (Lipinski definition) is 3. The summed E-state index contributed by atoms with van der Waals surface area (Å²) in [5.41, 5.74) is 0.963. The van der Waals surface area contributed by atoms with Crippen molar-refractivity contribution in [2.24, 2.45) is 0 Å². The van der Waals surface area contributed by atoms with Crippen LogP contribution in [-0.4, -0.2) is 24.0 Å². The Morgan fingerprint density at radius 1 is 1.19 bits per heavy atom. The zero-order valence-corrected chi connectivity index (χ0v) is 12.3. The van der Waals surface area contributed by atoms with E-state index in [0.29, 0.717) is 30.3 Å². The fraction of sp³-hybridized carbons (Fsp3) is 0.250. The molecule has 0 aliphatic heterocycles. The van der Waals surface area contributed by atoms with Gasteiger partial charge in [-0.25, -0.2) is 0 Å². The lowest BCUT2D eigenvalue weighted by Crippen LogP contribution is -2.27. The van der Waals surface area contributed by atoms with E-state index in [1.165, 1.54) is 0 Å². The maximum Gasteiger partial charge on any atom is 0.223 e. The van der Waals surface area contributed by atoms with Gasteiger partial charge in [-0.1, -0.05) is 29.8 Å². The molecule has 2 aromatic rings. The number of para-hydroxylation sites is 1. The van der Waals surface area contributed by atoms with Gasteiger partial charge < -0.3 is 10.1 Å². The Hall–Kier alpha value is -2.07. The van der Waals surface area contributed by atoms with Gasteiger partial charge in [0.05, 0.1) is 18.1 Å². The van der Waals surface area contributed by atoms with E-state index in [-0.39, 0.29) is 5.91 Å². The van der Waals surface area contributed by atoms with Gasteiger partial charge in [-0.05, 0) is 24.3 Å². The highest BCUT2D eigenvalue weighted by Gasteiger charge is 2.04. The number of carbonyl (C=O) groups excluding carboxylic acids is 1. The van der Waals surface area contributed by atoms with Crippen molar-refractivity contribution in [1.29, 1.82) is 0 Å². The smallest absolute Gasteiger partial charge is 0.223 e. The SMILES string of the molecule is O=C(CCOc1ccccc1Cl)NCCc1ccccn1. The molecule has 4 nitrogen and oxygen atoms in total. The number of hydrogen-bond donors (Lipinski definition) is 1. The highest BCUT2D eigenvalue weighted by atomic mass is 35.5. The number of nitrogens with zero attached hydrogens (tertiary/aromatic N) is 1. The highest BCUT2D eigenvalue weighted by Crippen LogP contribution is 2.22. The van der Waals surface area contributed by atoms with Crippen molar-refractivity contribution >= 4 is 17.5 Å². The third-order valence-electron chi connectivity index (χ3n) is 2.85. The Morgan fingerprint density at radius 3 is 2.76 bits per heavy atom. The molecule has 0 fully saturated rings. The molecule has 1 heterocycles. The van der Waals surface area contributed by atoms with Crippen LogP contribution in [0, 0.1) is 0 Å². The average molecular weight is 305 g/mol. The predicted molar refractivity (Wildman–Crippen MR) is 82.5 cm³/mol. The minimum Gasteiger partial charge on any atom is -0.491 e. The Kier molecular flexibility index (Phi) is 6.03. The van der Waals surface area contributed by atoms with Crippen molar-refractivity contribution in [2.75, 3.05) is 13.2 Å². The lowest BCUT2D eigenvalue weighted by atomic mass is 10.2. The number of aromatic nitrogens is 1. The van der Waals surface area contributed by atoms with Crippen LogP contribution in [0.5, 0.6) is 5.75 Å². The van der Waals surface area contributed by atoms with Gasteiger partial charge in [-0.3, -0.25) is 9.78 Å². The molecule has 0 aliphatic rings. The molecular weight excluding hydrogens is 288 g/mol. The van der Waals surface area contributed by atoms with Crippen LogP contribution in [0.15, 0.2) is 48.7 Å². The summed E-state index contributed by atoms with van der Waals surface area (Å²) < 4.78 is 5.47. The topological polar surface area (TPSA) is 51.2 Å². The van der Waals surface area contributed by atoms with Gasteiger partial charge in [-0.15, -0.1) is 0 Å². The summed E-state index contributed by atoms with van der Waals surface area (Å²) in [6.07, 6.45) is 2.76. The van der Waals surface area contributed by atoms with Gasteiger partial charge in [0.25, 0.3) is 0 Å². The molecule has 21 heavy (non-hydrogen) atoms. The van der Waals surface area contributed by atoms with E-state index in [1.807, 2.05) is 30.3 Å². The molecule has 1 aromatic carbocycles. The zero-order valence-electron chi connectivity index (χ0n) is 11.6. The van der Waals surface area contributed by atoms with E-state index in [4.69, 9.17) is 16.3 Å². The standard InChI is InChI=1S/C16H17ClN2O2/c17-14-6-1-2-7-15(14)21-12-9-16(20)19-11-8-13-5-3-4-10-18-13/h1-7,10H,8-9,11-12H2,(H,19,20). The summed E-state index contributed by atoms with van der Waals surface area (Å²) in [5, 5.41) is 3.39. The first kappa shape index (κ1) is 15.3. The number of amides is 1. The van der Waals surface area contributed by atoms with Crippen molar-refractivity contribution in [3.8, 4) is 5.75 Å². The number of carbonyl (C=O) groups is 1. The largest absolute Gasteiger partial charge is 0.491 e. The number of rotatable bonds is 7.